The Hall–Kier alpha value is -2.63. The number of esters is 1. The minimum Gasteiger partial charge on any atom is -0.461 e. The summed E-state index contributed by atoms with van der Waals surface area (Å²) in [5, 5.41) is 6.70. The molecule has 1 aromatic heterocycles. The molecule has 0 spiro atoms. The van der Waals surface area contributed by atoms with Gasteiger partial charge in [-0.05, 0) is 19.1 Å². The monoisotopic (exact) mass is 273 g/mol. The van der Waals surface area contributed by atoms with E-state index in [1.807, 2.05) is 6.07 Å². The predicted molar refractivity (Wildman–Crippen MR) is 73.6 cm³/mol. The quantitative estimate of drug-likeness (QED) is 0.863. The number of nitrogens with one attached hydrogen (secondary N) is 1. The predicted octanol–water partition coefficient (Wildman–Crippen LogP) is 1.85. The van der Waals surface area contributed by atoms with Gasteiger partial charge in [-0.2, -0.15) is 5.10 Å². The SMILES string of the molecule is CCOC(=O)c1cc(NC(=O)c2ccccc2)n(C)n1. The smallest absolute Gasteiger partial charge is 0.358 e. The number of hydrogen-bond donors (Lipinski definition) is 1. The second kappa shape index (κ2) is 6.01. The summed E-state index contributed by atoms with van der Waals surface area (Å²) in [5.41, 5.74) is 0.698. The maximum Gasteiger partial charge on any atom is 0.358 e. The molecule has 6 nitrogen and oxygen atoms in total. The zero-order valence-electron chi connectivity index (χ0n) is 11.3. The average Bonchev–Trinajstić information content (AvgIpc) is 2.81. The largest absolute Gasteiger partial charge is 0.461 e. The van der Waals surface area contributed by atoms with Crippen LogP contribution >= 0.6 is 0 Å². The lowest BCUT2D eigenvalue weighted by Crippen LogP contribution is -2.14. The molecule has 2 rings (SSSR count). The maximum atomic E-state index is 12.0. The molecule has 0 unspecified atom stereocenters. The summed E-state index contributed by atoms with van der Waals surface area (Å²) in [7, 11) is 1.64. The topological polar surface area (TPSA) is 73.2 Å². The fourth-order valence-corrected chi connectivity index (χ4v) is 1.67. The molecule has 0 aliphatic carbocycles. The molecular formula is C14H15N3O3. The first kappa shape index (κ1) is 13.8. The van der Waals surface area contributed by atoms with E-state index >= 15 is 0 Å². The molecule has 0 fully saturated rings. The molecule has 0 saturated heterocycles. The Morgan fingerprint density at radius 1 is 1.30 bits per heavy atom. The fourth-order valence-electron chi connectivity index (χ4n) is 1.67. The lowest BCUT2D eigenvalue weighted by Gasteiger charge is -2.04. The van der Waals surface area contributed by atoms with Crippen molar-refractivity contribution < 1.29 is 14.3 Å². The first-order valence-corrected chi connectivity index (χ1v) is 6.19. The molecule has 1 aromatic carbocycles. The van der Waals surface area contributed by atoms with Crippen LogP contribution in [0.25, 0.3) is 0 Å². The van der Waals surface area contributed by atoms with E-state index in [0.29, 0.717) is 11.4 Å². The van der Waals surface area contributed by atoms with Crippen LogP contribution in [-0.2, 0) is 11.8 Å². The summed E-state index contributed by atoms with van der Waals surface area (Å²) in [6, 6.07) is 10.3. The summed E-state index contributed by atoms with van der Waals surface area (Å²) in [6.45, 7) is 2.00. The number of anilines is 1. The highest BCUT2D eigenvalue weighted by Gasteiger charge is 2.15. The van der Waals surface area contributed by atoms with Crippen LogP contribution in [0.3, 0.4) is 0 Å². The summed E-state index contributed by atoms with van der Waals surface area (Å²) >= 11 is 0. The van der Waals surface area contributed by atoms with E-state index in [-0.39, 0.29) is 18.2 Å². The highest BCUT2D eigenvalue weighted by Crippen LogP contribution is 2.12. The van der Waals surface area contributed by atoms with Gasteiger partial charge in [-0.15, -0.1) is 0 Å². The molecule has 6 heteroatoms. The molecule has 1 N–H and O–H groups in total. The third-order valence-corrected chi connectivity index (χ3v) is 2.64. The van der Waals surface area contributed by atoms with Crippen molar-refractivity contribution in [3.63, 3.8) is 0 Å². The van der Waals surface area contributed by atoms with E-state index in [9.17, 15) is 9.59 Å². The van der Waals surface area contributed by atoms with Gasteiger partial charge in [0.15, 0.2) is 5.69 Å². The van der Waals surface area contributed by atoms with Crippen LogP contribution in [0, 0.1) is 0 Å². The van der Waals surface area contributed by atoms with Crippen LogP contribution in [0.15, 0.2) is 36.4 Å². The average molecular weight is 273 g/mol. The Kier molecular flexibility index (Phi) is 4.14. The number of benzene rings is 1. The van der Waals surface area contributed by atoms with E-state index in [0.717, 1.165) is 0 Å². The van der Waals surface area contributed by atoms with E-state index < -0.39 is 5.97 Å². The molecule has 20 heavy (non-hydrogen) atoms. The summed E-state index contributed by atoms with van der Waals surface area (Å²) in [5.74, 6) is -0.339. The molecule has 0 aliphatic heterocycles. The molecule has 0 radical (unpaired) electrons. The summed E-state index contributed by atoms with van der Waals surface area (Å²) in [6.07, 6.45) is 0. The molecule has 0 bridgehead atoms. The Morgan fingerprint density at radius 3 is 2.65 bits per heavy atom. The number of ether oxygens (including phenoxy) is 1. The van der Waals surface area contributed by atoms with Crippen LogP contribution in [0.5, 0.6) is 0 Å². The molecule has 0 aliphatic rings. The molecular weight excluding hydrogens is 258 g/mol. The highest BCUT2D eigenvalue weighted by molar-refractivity contribution is 6.04. The Bertz CT molecular complexity index is 620. The number of amides is 1. The zero-order valence-corrected chi connectivity index (χ0v) is 11.3. The Morgan fingerprint density at radius 2 is 2.00 bits per heavy atom. The van der Waals surface area contributed by atoms with E-state index in [2.05, 4.69) is 10.4 Å². The molecule has 0 saturated carbocycles. The fraction of sp³-hybridized carbons (Fsp3) is 0.214. The standard InChI is InChI=1S/C14H15N3O3/c1-3-20-14(19)11-9-12(17(2)16-11)15-13(18)10-7-5-4-6-8-10/h4-9H,3H2,1-2H3,(H,15,18). The van der Waals surface area contributed by atoms with Crippen molar-refractivity contribution in [2.24, 2.45) is 7.05 Å². The molecule has 104 valence electrons. The van der Waals surface area contributed by atoms with Gasteiger partial charge in [-0.1, -0.05) is 18.2 Å². The van der Waals surface area contributed by atoms with Gasteiger partial charge in [-0.25, -0.2) is 4.79 Å². The minimum absolute atomic E-state index is 0.165. The number of rotatable bonds is 4. The molecule has 1 amide bonds. The number of carbonyl (C=O) groups is 2. The molecule has 2 aromatic rings. The van der Waals surface area contributed by atoms with Gasteiger partial charge in [0.05, 0.1) is 6.61 Å². The van der Waals surface area contributed by atoms with Gasteiger partial charge in [0.1, 0.15) is 5.82 Å². The lowest BCUT2D eigenvalue weighted by atomic mass is 10.2. The third-order valence-electron chi connectivity index (χ3n) is 2.64. The number of hydrogen-bond acceptors (Lipinski definition) is 4. The van der Waals surface area contributed by atoms with Crippen molar-refractivity contribution in [1.29, 1.82) is 0 Å². The van der Waals surface area contributed by atoms with Gasteiger partial charge < -0.3 is 10.1 Å². The van der Waals surface area contributed by atoms with E-state index in [1.54, 1.807) is 38.2 Å². The van der Waals surface area contributed by atoms with E-state index in [1.165, 1.54) is 10.7 Å². The van der Waals surface area contributed by atoms with Gasteiger partial charge >= 0.3 is 5.97 Å². The van der Waals surface area contributed by atoms with Crippen molar-refractivity contribution in [1.82, 2.24) is 9.78 Å². The number of aryl methyl sites for hydroxylation is 1. The van der Waals surface area contributed by atoms with Crippen LogP contribution in [0.4, 0.5) is 5.82 Å². The number of aromatic nitrogens is 2. The highest BCUT2D eigenvalue weighted by atomic mass is 16.5. The second-order valence-electron chi connectivity index (χ2n) is 4.08. The van der Waals surface area contributed by atoms with Crippen molar-refractivity contribution in [3.05, 3.63) is 47.7 Å². The van der Waals surface area contributed by atoms with E-state index in [4.69, 9.17) is 4.74 Å². The first-order valence-electron chi connectivity index (χ1n) is 6.19. The van der Waals surface area contributed by atoms with Crippen LogP contribution in [0.1, 0.15) is 27.8 Å². The first-order chi connectivity index (χ1) is 9.61. The van der Waals surface area contributed by atoms with Gasteiger partial charge in [0.2, 0.25) is 0 Å². The van der Waals surface area contributed by atoms with Gasteiger partial charge in [0.25, 0.3) is 5.91 Å². The van der Waals surface area contributed by atoms with Crippen LogP contribution < -0.4 is 5.32 Å². The minimum atomic E-state index is -0.511. The Labute approximate surface area is 116 Å². The Balaban J connectivity index is 2.14. The van der Waals surface area contributed by atoms with Crippen molar-refractivity contribution in [2.75, 3.05) is 11.9 Å². The maximum absolute atomic E-state index is 12.0. The second-order valence-corrected chi connectivity index (χ2v) is 4.08. The molecule has 0 atom stereocenters. The van der Waals surface area contributed by atoms with Crippen molar-refractivity contribution >= 4 is 17.7 Å². The van der Waals surface area contributed by atoms with Crippen molar-refractivity contribution in [3.8, 4) is 0 Å². The zero-order chi connectivity index (χ0) is 14.5. The molecule has 1 heterocycles. The van der Waals surface area contributed by atoms with Crippen LogP contribution in [0.2, 0.25) is 0 Å². The number of nitrogens with zero attached hydrogens (tertiary/aromatic N) is 2. The van der Waals surface area contributed by atoms with Gasteiger partial charge in [0, 0.05) is 18.7 Å². The normalized spacial score (nSPS) is 10.1. The number of carbonyl (C=O) groups excluding carboxylic acids is 2. The van der Waals surface area contributed by atoms with Crippen LogP contribution in [-0.4, -0.2) is 28.3 Å². The summed E-state index contributed by atoms with van der Waals surface area (Å²) < 4.78 is 6.28. The third kappa shape index (κ3) is 3.03. The van der Waals surface area contributed by atoms with Crippen molar-refractivity contribution in [2.45, 2.75) is 6.92 Å². The van der Waals surface area contributed by atoms with Gasteiger partial charge in [-0.3, -0.25) is 9.48 Å². The summed E-state index contributed by atoms with van der Waals surface area (Å²) in [4.78, 5) is 23.6. The lowest BCUT2D eigenvalue weighted by molar-refractivity contribution is 0.0518.